The monoisotopic (exact) mass is 265 g/mol. The highest BCUT2D eigenvalue weighted by Gasteiger charge is 2.18. The van der Waals surface area contributed by atoms with Crippen LogP contribution in [0.15, 0.2) is 16.2 Å². The number of nitrogens with zero attached hydrogens (tertiary/aromatic N) is 2. The number of likely N-dealkylation sites (tertiary alicyclic amines) is 1. The van der Waals surface area contributed by atoms with Gasteiger partial charge in [-0.15, -0.1) is 11.3 Å². The lowest BCUT2D eigenvalue weighted by Crippen LogP contribution is -2.38. The quantitative estimate of drug-likeness (QED) is 0.848. The van der Waals surface area contributed by atoms with Gasteiger partial charge < -0.3 is 10.1 Å². The van der Waals surface area contributed by atoms with Gasteiger partial charge in [-0.05, 0) is 30.8 Å². The maximum Gasteiger partial charge on any atom is 0.268 e. The fourth-order valence-electron chi connectivity index (χ4n) is 2.38. The molecule has 0 radical (unpaired) electrons. The van der Waals surface area contributed by atoms with E-state index in [0.29, 0.717) is 23.6 Å². The third-order valence-electron chi connectivity index (χ3n) is 3.22. The Bertz CT molecular complexity index is 607. The minimum absolute atomic E-state index is 0.0671. The summed E-state index contributed by atoms with van der Waals surface area (Å²) in [5.74, 6) is 0.681. The summed E-state index contributed by atoms with van der Waals surface area (Å²) < 4.78 is 0.678. The van der Waals surface area contributed by atoms with Gasteiger partial charge in [0, 0.05) is 6.54 Å². The van der Waals surface area contributed by atoms with E-state index in [1.807, 2.05) is 11.4 Å². The Kier molecular flexibility index (Phi) is 3.15. The molecule has 1 saturated heterocycles. The second kappa shape index (κ2) is 4.79. The lowest BCUT2D eigenvalue weighted by atomic mass is 10.1. The maximum atomic E-state index is 11.8. The molecule has 18 heavy (non-hydrogen) atoms. The summed E-state index contributed by atoms with van der Waals surface area (Å²) in [6, 6.07) is 1.86. The molecule has 0 saturated carbocycles. The number of aliphatic hydroxyl groups is 1. The van der Waals surface area contributed by atoms with E-state index in [-0.39, 0.29) is 11.7 Å². The van der Waals surface area contributed by atoms with Crippen LogP contribution in [0.5, 0.6) is 0 Å². The highest BCUT2D eigenvalue weighted by Crippen LogP contribution is 2.15. The number of nitrogens with one attached hydrogen (secondary N) is 1. The van der Waals surface area contributed by atoms with E-state index in [9.17, 15) is 9.90 Å². The molecule has 5 nitrogen and oxygen atoms in total. The Morgan fingerprint density at radius 2 is 2.50 bits per heavy atom. The van der Waals surface area contributed by atoms with Gasteiger partial charge in [0.2, 0.25) is 0 Å². The zero-order valence-electron chi connectivity index (χ0n) is 9.93. The number of aromatic nitrogens is 2. The highest BCUT2D eigenvalue weighted by atomic mass is 32.1. The molecule has 0 bridgehead atoms. The predicted octanol–water partition coefficient (Wildman–Crippen LogP) is 0.941. The minimum Gasteiger partial charge on any atom is -0.392 e. The summed E-state index contributed by atoms with van der Waals surface area (Å²) in [6.45, 7) is 2.20. The van der Waals surface area contributed by atoms with Crippen LogP contribution < -0.4 is 5.56 Å². The van der Waals surface area contributed by atoms with Crippen LogP contribution in [0.1, 0.15) is 18.7 Å². The van der Waals surface area contributed by atoms with E-state index in [1.165, 1.54) is 11.3 Å². The van der Waals surface area contributed by atoms with Gasteiger partial charge in [0.1, 0.15) is 10.5 Å². The molecular weight excluding hydrogens is 250 g/mol. The Morgan fingerprint density at radius 3 is 3.33 bits per heavy atom. The van der Waals surface area contributed by atoms with Crippen molar-refractivity contribution in [2.75, 3.05) is 13.1 Å². The Hall–Kier alpha value is -1.24. The second-order valence-electron chi connectivity index (χ2n) is 4.68. The van der Waals surface area contributed by atoms with Crippen molar-refractivity contribution in [3.05, 3.63) is 27.6 Å². The van der Waals surface area contributed by atoms with Crippen molar-refractivity contribution < 1.29 is 5.11 Å². The number of hydrogen-bond acceptors (Lipinski definition) is 5. The number of rotatable bonds is 2. The second-order valence-corrected chi connectivity index (χ2v) is 5.59. The number of aromatic amines is 1. The Morgan fingerprint density at radius 1 is 1.61 bits per heavy atom. The standard InChI is InChI=1S/C12H15N3O2S/c16-8-2-1-4-15(6-8)7-10-13-9-3-5-18-11(9)12(17)14-10/h3,5,8,16H,1-2,4,6-7H2,(H,13,14,17). The van der Waals surface area contributed by atoms with E-state index in [2.05, 4.69) is 14.9 Å². The van der Waals surface area contributed by atoms with E-state index in [1.54, 1.807) is 0 Å². The molecule has 1 aliphatic heterocycles. The van der Waals surface area contributed by atoms with Crippen LogP contribution in [-0.2, 0) is 6.54 Å². The molecule has 2 aromatic rings. The molecule has 96 valence electrons. The van der Waals surface area contributed by atoms with Crippen LogP contribution >= 0.6 is 11.3 Å². The SMILES string of the molecule is O=c1[nH]c(CN2CCCC(O)C2)nc2ccsc12. The minimum atomic E-state index is -0.254. The van der Waals surface area contributed by atoms with Gasteiger partial charge in [-0.3, -0.25) is 9.69 Å². The molecule has 2 aromatic heterocycles. The molecule has 1 aliphatic rings. The fourth-order valence-corrected chi connectivity index (χ4v) is 3.11. The summed E-state index contributed by atoms with van der Waals surface area (Å²) in [4.78, 5) is 21.2. The first-order chi connectivity index (χ1) is 8.72. The highest BCUT2D eigenvalue weighted by molar-refractivity contribution is 7.17. The first-order valence-electron chi connectivity index (χ1n) is 6.09. The summed E-state index contributed by atoms with van der Waals surface area (Å²) >= 11 is 1.41. The molecule has 1 unspecified atom stereocenters. The van der Waals surface area contributed by atoms with Crippen molar-refractivity contribution in [2.45, 2.75) is 25.5 Å². The van der Waals surface area contributed by atoms with Crippen LogP contribution in [-0.4, -0.2) is 39.2 Å². The number of H-pyrrole nitrogens is 1. The van der Waals surface area contributed by atoms with Crippen molar-refractivity contribution in [3.63, 3.8) is 0 Å². The van der Waals surface area contributed by atoms with Crippen LogP contribution in [0.4, 0.5) is 0 Å². The van der Waals surface area contributed by atoms with Crippen LogP contribution in [0.2, 0.25) is 0 Å². The molecule has 0 amide bonds. The average Bonchev–Trinajstić information content (AvgIpc) is 2.77. The van der Waals surface area contributed by atoms with Crippen LogP contribution in [0.3, 0.4) is 0 Å². The lowest BCUT2D eigenvalue weighted by molar-refractivity contribution is 0.0655. The van der Waals surface area contributed by atoms with Crippen LogP contribution in [0, 0.1) is 0 Å². The summed E-state index contributed by atoms with van der Waals surface area (Å²) in [5.41, 5.74) is 0.693. The maximum absolute atomic E-state index is 11.8. The van der Waals surface area contributed by atoms with Gasteiger partial charge in [0.15, 0.2) is 0 Å². The molecule has 0 aliphatic carbocycles. The summed E-state index contributed by atoms with van der Waals surface area (Å²) in [6.07, 6.45) is 1.60. The van der Waals surface area contributed by atoms with Crippen molar-refractivity contribution in [2.24, 2.45) is 0 Å². The smallest absolute Gasteiger partial charge is 0.268 e. The van der Waals surface area contributed by atoms with Crippen molar-refractivity contribution in [1.29, 1.82) is 0 Å². The van der Waals surface area contributed by atoms with Crippen molar-refractivity contribution >= 4 is 21.6 Å². The average molecular weight is 265 g/mol. The molecule has 0 spiro atoms. The van der Waals surface area contributed by atoms with Gasteiger partial charge >= 0.3 is 0 Å². The molecular formula is C12H15N3O2S. The molecule has 3 heterocycles. The van der Waals surface area contributed by atoms with E-state index in [4.69, 9.17) is 0 Å². The Labute approximate surface area is 108 Å². The zero-order valence-corrected chi connectivity index (χ0v) is 10.7. The third-order valence-corrected chi connectivity index (χ3v) is 4.12. The molecule has 2 N–H and O–H groups in total. The normalized spacial score (nSPS) is 21.5. The first kappa shape index (κ1) is 11.8. The summed E-state index contributed by atoms with van der Waals surface area (Å²) in [7, 11) is 0. The first-order valence-corrected chi connectivity index (χ1v) is 6.97. The number of fused-ring (bicyclic) bond motifs is 1. The number of hydrogen-bond donors (Lipinski definition) is 2. The predicted molar refractivity (Wildman–Crippen MR) is 70.8 cm³/mol. The van der Waals surface area contributed by atoms with Crippen molar-refractivity contribution in [1.82, 2.24) is 14.9 Å². The molecule has 1 fully saturated rings. The number of piperidine rings is 1. The van der Waals surface area contributed by atoms with Crippen molar-refractivity contribution in [3.8, 4) is 0 Å². The van der Waals surface area contributed by atoms with Gasteiger partial charge in [-0.25, -0.2) is 4.98 Å². The molecule has 0 aromatic carbocycles. The Balaban J connectivity index is 1.83. The number of β-amino-alcohol motifs (C(OH)–C–C–N with tert-alkyl or cyclic N) is 1. The van der Waals surface area contributed by atoms with Gasteiger partial charge in [-0.2, -0.15) is 0 Å². The van der Waals surface area contributed by atoms with E-state index < -0.39 is 0 Å². The van der Waals surface area contributed by atoms with Gasteiger partial charge in [-0.1, -0.05) is 0 Å². The number of thiophene rings is 1. The molecule has 1 atom stereocenters. The summed E-state index contributed by atoms with van der Waals surface area (Å²) in [5, 5.41) is 11.5. The van der Waals surface area contributed by atoms with E-state index in [0.717, 1.165) is 24.9 Å². The fraction of sp³-hybridized carbons (Fsp3) is 0.500. The van der Waals surface area contributed by atoms with Gasteiger partial charge in [0.05, 0.1) is 18.2 Å². The van der Waals surface area contributed by atoms with Crippen LogP contribution in [0.25, 0.3) is 10.2 Å². The zero-order chi connectivity index (χ0) is 12.5. The van der Waals surface area contributed by atoms with Gasteiger partial charge in [0.25, 0.3) is 5.56 Å². The third kappa shape index (κ3) is 2.31. The van der Waals surface area contributed by atoms with E-state index >= 15 is 0 Å². The topological polar surface area (TPSA) is 69.2 Å². The molecule has 6 heteroatoms. The molecule has 3 rings (SSSR count). The lowest BCUT2D eigenvalue weighted by Gasteiger charge is -2.29. The number of aliphatic hydroxyl groups excluding tert-OH is 1. The largest absolute Gasteiger partial charge is 0.392 e.